The van der Waals surface area contributed by atoms with E-state index < -0.39 is 30.1 Å². The van der Waals surface area contributed by atoms with Crippen molar-refractivity contribution in [3.63, 3.8) is 0 Å². The molecule has 96 valence electrons. The lowest BCUT2D eigenvalue weighted by Crippen LogP contribution is -2.46. The number of hydrogen-bond donors (Lipinski definition) is 0. The number of allylic oxidation sites excluding steroid dienone is 2. The molecule has 2 aliphatic rings. The van der Waals surface area contributed by atoms with E-state index in [-0.39, 0.29) is 16.5 Å². The Morgan fingerprint density at radius 2 is 1.76 bits per heavy atom. The summed E-state index contributed by atoms with van der Waals surface area (Å²) in [5.41, 5.74) is 0. The number of fused-ring (bicyclic) bond motifs is 2. The summed E-state index contributed by atoms with van der Waals surface area (Å²) in [7, 11) is -1.45. The summed E-state index contributed by atoms with van der Waals surface area (Å²) in [6.45, 7) is 3.45. The van der Waals surface area contributed by atoms with E-state index in [4.69, 9.17) is 69.6 Å². The van der Waals surface area contributed by atoms with Crippen LogP contribution in [-0.2, 0) is 10.8 Å². The largest absolute Gasteiger partial charge is 0.255 e. The maximum atomic E-state index is 11.9. The van der Waals surface area contributed by atoms with Gasteiger partial charge in [0.25, 0.3) is 0 Å². The number of alkyl halides is 4. The smallest absolute Gasteiger partial charge is 0.167 e. The van der Waals surface area contributed by atoms with E-state index in [2.05, 4.69) is 6.58 Å². The minimum Gasteiger partial charge on any atom is -0.255 e. The van der Waals surface area contributed by atoms with Gasteiger partial charge in [0.05, 0.1) is 26.1 Å². The minimum absolute atomic E-state index is 0.0623. The molecule has 1 saturated carbocycles. The summed E-state index contributed by atoms with van der Waals surface area (Å²) in [6, 6.07) is 0. The van der Waals surface area contributed by atoms with Crippen LogP contribution >= 0.6 is 69.6 Å². The Balaban J connectivity index is 2.66. The Morgan fingerprint density at radius 1 is 1.24 bits per heavy atom. The van der Waals surface area contributed by atoms with Crippen LogP contribution < -0.4 is 0 Å². The predicted molar refractivity (Wildman–Crippen MR) is 77.1 cm³/mol. The van der Waals surface area contributed by atoms with E-state index in [1.54, 1.807) is 0 Å². The molecule has 17 heavy (non-hydrogen) atoms. The van der Waals surface area contributed by atoms with E-state index in [0.29, 0.717) is 0 Å². The van der Waals surface area contributed by atoms with Crippen LogP contribution in [0, 0.1) is 0 Å². The molecule has 0 saturated heterocycles. The molecule has 8 heteroatoms. The molecular weight excluding hydrogens is 369 g/mol. The van der Waals surface area contributed by atoms with Gasteiger partial charge in [0.2, 0.25) is 0 Å². The number of hydrogen-bond acceptors (Lipinski definition) is 1. The average molecular weight is 375 g/mol. The molecule has 0 aromatic heterocycles. The molecule has 0 aliphatic heterocycles. The third-order valence-corrected chi connectivity index (χ3v) is 8.99. The van der Waals surface area contributed by atoms with Crippen molar-refractivity contribution >= 4 is 80.4 Å². The van der Waals surface area contributed by atoms with Gasteiger partial charge in [-0.15, -0.1) is 23.2 Å². The Bertz CT molecular complexity index is 460. The second-order valence-corrected chi connectivity index (χ2v) is 8.79. The van der Waals surface area contributed by atoms with Crippen molar-refractivity contribution < 1.29 is 4.21 Å². The third-order valence-electron chi connectivity index (χ3n) is 3.17. The molecule has 0 spiro atoms. The second kappa shape index (κ2) is 4.18. The van der Waals surface area contributed by atoms with E-state index in [1.807, 2.05) is 0 Å². The molecule has 1 unspecified atom stereocenters. The zero-order valence-electron chi connectivity index (χ0n) is 8.15. The summed E-state index contributed by atoms with van der Waals surface area (Å²) >= 11 is 37.3. The second-order valence-electron chi connectivity index (χ2n) is 3.90. The summed E-state index contributed by atoms with van der Waals surface area (Å²) in [6.07, 6.45) is 0.179. The van der Waals surface area contributed by atoms with Gasteiger partial charge in [-0.1, -0.05) is 53.0 Å². The third kappa shape index (κ3) is 1.50. The van der Waals surface area contributed by atoms with Crippen LogP contribution in [0.25, 0.3) is 0 Å². The molecule has 0 N–H and O–H groups in total. The SMILES string of the molecule is C=CS(=O)[C@H]1C[C@@]2(Cl)C(Cl)=C(Cl)[C@@]1(Cl)C2(Cl)Cl. The first-order chi connectivity index (χ1) is 7.64. The highest BCUT2D eigenvalue weighted by Crippen LogP contribution is 2.73. The van der Waals surface area contributed by atoms with Crippen LogP contribution in [0.15, 0.2) is 22.1 Å². The molecule has 1 nitrogen and oxygen atoms in total. The lowest BCUT2D eigenvalue weighted by atomic mass is 10.1. The quantitative estimate of drug-likeness (QED) is 0.651. The van der Waals surface area contributed by atoms with Crippen LogP contribution in [0.3, 0.4) is 0 Å². The van der Waals surface area contributed by atoms with Crippen molar-refractivity contribution in [1.29, 1.82) is 0 Å². The summed E-state index contributed by atoms with van der Waals surface area (Å²) in [5.74, 6) is 0. The normalized spacial score (nSPS) is 45.2. The maximum Gasteiger partial charge on any atom is 0.167 e. The van der Waals surface area contributed by atoms with Crippen molar-refractivity contribution in [3.05, 3.63) is 22.1 Å². The topological polar surface area (TPSA) is 17.1 Å². The van der Waals surface area contributed by atoms with E-state index in [0.717, 1.165) is 0 Å². The van der Waals surface area contributed by atoms with E-state index >= 15 is 0 Å². The Hall–Kier alpha value is 1.37. The molecule has 2 aliphatic carbocycles. The van der Waals surface area contributed by atoms with Crippen LogP contribution in [0.4, 0.5) is 0 Å². The molecule has 0 heterocycles. The van der Waals surface area contributed by atoms with Crippen molar-refractivity contribution in [2.24, 2.45) is 0 Å². The van der Waals surface area contributed by atoms with Gasteiger partial charge in [-0.2, -0.15) is 0 Å². The maximum absolute atomic E-state index is 11.9. The highest BCUT2D eigenvalue weighted by Gasteiger charge is 2.79. The summed E-state index contributed by atoms with van der Waals surface area (Å²) < 4.78 is 10.3. The van der Waals surface area contributed by atoms with Crippen molar-refractivity contribution in [3.8, 4) is 0 Å². The predicted octanol–water partition coefficient (Wildman–Crippen LogP) is 4.48. The summed E-state index contributed by atoms with van der Waals surface area (Å²) in [5, 5.41) is 0.826. The summed E-state index contributed by atoms with van der Waals surface area (Å²) in [4.78, 5) is -2.75. The van der Waals surface area contributed by atoms with Gasteiger partial charge in [0, 0.05) is 0 Å². The molecule has 2 rings (SSSR count). The average Bonchev–Trinajstić information content (AvgIpc) is 2.49. The Morgan fingerprint density at radius 3 is 2.12 bits per heavy atom. The lowest BCUT2D eigenvalue weighted by Gasteiger charge is -2.32. The van der Waals surface area contributed by atoms with Crippen LogP contribution in [-0.4, -0.2) is 23.5 Å². The first-order valence-corrected chi connectivity index (χ1v) is 8.02. The standard InChI is InChI=1S/C9H6Cl6OS/c1-2-17(16)4-3-7(12)5(10)6(11)8(4,13)9(7,14)15/h2,4H,1,3H2/t4-,7+,8+,17?/m0/s1. The fourth-order valence-electron chi connectivity index (χ4n) is 2.21. The Labute approximate surface area is 131 Å². The molecule has 0 amide bonds. The highest BCUT2D eigenvalue weighted by atomic mass is 35.5. The molecule has 0 radical (unpaired) electrons. The van der Waals surface area contributed by atoms with Gasteiger partial charge < -0.3 is 0 Å². The van der Waals surface area contributed by atoms with Crippen LogP contribution in [0.5, 0.6) is 0 Å². The molecule has 2 bridgehead atoms. The fourth-order valence-corrected chi connectivity index (χ4v) is 6.69. The van der Waals surface area contributed by atoms with Crippen molar-refractivity contribution in [2.75, 3.05) is 0 Å². The van der Waals surface area contributed by atoms with Crippen LogP contribution in [0.1, 0.15) is 6.42 Å². The van der Waals surface area contributed by atoms with Gasteiger partial charge in [-0.25, -0.2) is 0 Å². The van der Waals surface area contributed by atoms with Crippen LogP contribution in [0.2, 0.25) is 0 Å². The molecule has 0 aromatic rings. The van der Waals surface area contributed by atoms with Gasteiger partial charge in [0.15, 0.2) is 4.33 Å². The van der Waals surface area contributed by atoms with E-state index in [1.165, 1.54) is 5.41 Å². The van der Waals surface area contributed by atoms with Gasteiger partial charge >= 0.3 is 0 Å². The molecule has 1 fully saturated rings. The van der Waals surface area contributed by atoms with Crippen molar-refractivity contribution in [1.82, 2.24) is 0 Å². The first kappa shape index (κ1) is 14.8. The number of rotatable bonds is 2. The van der Waals surface area contributed by atoms with Gasteiger partial charge in [-0.05, 0) is 11.8 Å². The van der Waals surface area contributed by atoms with Crippen molar-refractivity contribution in [2.45, 2.75) is 25.8 Å². The Kier molecular flexibility index (Phi) is 3.63. The van der Waals surface area contributed by atoms with Gasteiger partial charge in [-0.3, -0.25) is 4.21 Å². The zero-order chi connectivity index (χ0) is 13.2. The van der Waals surface area contributed by atoms with E-state index in [9.17, 15) is 4.21 Å². The first-order valence-electron chi connectivity index (χ1n) is 4.48. The minimum atomic E-state index is -1.61. The monoisotopic (exact) mass is 372 g/mol. The fraction of sp³-hybridized carbons (Fsp3) is 0.556. The van der Waals surface area contributed by atoms with Gasteiger partial charge in [0.1, 0.15) is 9.75 Å². The molecular formula is C9H6Cl6OS. The molecule has 0 aromatic carbocycles. The molecule has 4 atom stereocenters. The zero-order valence-corrected chi connectivity index (χ0v) is 13.5. The number of halogens is 6. The highest BCUT2D eigenvalue weighted by molar-refractivity contribution is 7.88. The lowest BCUT2D eigenvalue weighted by molar-refractivity contribution is 0.652.